The zero-order valence-electron chi connectivity index (χ0n) is 8.99. The lowest BCUT2D eigenvalue weighted by Crippen LogP contribution is -1.82. The van der Waals surface area contributed by atoms with Crippen LogP contribution in [0.1, 0.15) is 31.4 Å². The fourth-order valence-electron chi connectivity index (χ4n) is 1.51. The first-order valence-corrected chi connectivity index (χ1v) is 5.26. The molecule has 76 valence electrons. The standard InChI is InChI=1S/C9H10.C4H8O/c1-2-5-9-7-3-6-8(9)4-1;1-4(2)3-5/h1-2,4-5H,3,6-7H2;3-4H,1-2H3. The van der Waals surface area contributed by atoms with Crippen LogP contribution < -0.4 is 0 Å². The number of hydrogen-bond donors (Lipinski definition) is 0. The Kier molecular flexibility index (Phi) is 4.37. The normalized spacial score (nSPS) is 13.1. The van der Waals surface area contributed by atoms with E-state index in [1.807, 2.05) is 13.8 Å². The molecule has 0 aromatic heterocycles. The highest BCUT2D eigenvalue weighted by molar-refractivity contribution is 5.51. The summed E-state index contributed by atoms with van der Waals surface area (Å²) in [5.74, 6) is 0.204. The van der Waals surface area contributed by atoms with Crippen LogP contribution in [0.5, 0.6) is 0 Å². The number of hydrogen-bond acceptors (Lipinski definition) is 1. The fraction of sp³-hybridized carbons (Fsp3) is 0.462. The average Bonchev–Trinajstić information content (AvgIpc) is 2.66. The smallest absolute Gasteiger partial charge is 0.122 e. The van der Waals surface area contributed by atoms with Crippen molar-refractivity contribution in [2.75, 3.05) is 0 Å². The van der Waals surface area contributed by atoms with E-state index in [0.29, 0.717) is 0 Å². The number of carbonyl (C=O) groups excluding carboxylic acids is 1. The molecule has 1 nitrogen and oxygen atoms in total. The van der Waals surface area contributed by atoms with Crippen LogP contribution in [0.3, 0.4) is 0 Å². The summed E-state index contributed by atoms with van der Waals surface area (Å²) in [4.78, 5) is 9.50. The van der Waals surface area contributed by atoms with E-state index in [4.69, 9.17) is 0 Å². The van der Waals surface area contributed by atoms with Gasteiger partial charge in [0.2, 0.25) is 0 Å². The van der Waals surface area contributed by atoms with E-state index >= 15 is 0 Å². The summed E-state index contributed by atoms with van der Waals surface area (Å²) in [5.41, 5.74) is 3.13. The minimum absolute atomic E-state index is 0.204. The predicted molar refractivity (Wildman–Crippen MR) is 59.4 cm³/mol. The Bertz CT molecular complexity index is 266. The summed E-state index contributed by atoms with van der Waals surface area (Å²) < 4.78 is 0. The molecule has 0 spiro atoms. The van der Waals surface area contributed by atoms with E-state index in [1.54, 1.807) is 11.1 Å². The molecule has 0 bridgehead atoms. The van der Waals surface area contributed by atoms with Gasteiger partial charge in [-0.2, -0.15) is 0 Å². The summed E-state index contributed by atoms with van der Waals surface area (Å²) in [6, 6.07) is 8.74. The highest BCUT2D eigenvalue weighted by atomic mass is 16.1. The van der Waals surface area contributed by atoms with Gasteiger partial charge in [-0.05, 0) is 30.4 Å². The summed E-state index contributed by atoms with van der Waals surface area (Å²) in [6.07, 6.45) is 4.88. The molecule has 1 aliphatic rings. The second kappa shape index (κ2) is 5.58. The second-order valence-electron chi connectivity index (χ2n) is 4.00. The Morgan fingerprint density at radius 3 is 1.93 bits per heavy atom. The van der Waals surface area contributed by atoms with E-state index in [-0.39, 0.29) is 5.92 Å². The van der Waals surface area contributed by atoms with Gasteiger partial charge in [0.25, 0.3) is 0 Å². The van der Waals surface area contributed by atoms with Crippen LogP contribution in [0.4, 0.5) is 0 Å². The largest absolute Gasteiger partial charge is 0.303 e. The summed E-state index contributed by atoms with van der Waals surface area (Å²) >= 11 is 0. The van der Waals surface area contributed by atoms with Gasteiger partial charge in [-0.1, -0.05) is 38.1 Å². The van der Waals surface area contributed by atoms with E-state index < -0.39 is 0 Å². The highest BCUT2D eigenvalue weighted by Gasteiger charge is 2.07. The molecular formula is C13H18O. The zero-order valence-corrected chi connectivity index (χ0v) is 8.99. The number of carbonyl (C=O) groups is 1. The van der Waals surface area contributed by atoms with E-state index in [0.717, 1.165) is 6.29 Å². The van der Waals surface area contributed by atoms with Crippen molar-refractivity contribution >= 4 is 6.29 Å². The molecule has 2 rings (SSSR count). The summed E-state index contributed by atoms with van der Waals surface area (Å²) in [6.45, 7) is 3.71. The molecule has 0 saturated carbocycles. The van der Waals surface area contributed by atoms with Crippen molar-refractivity contribution in [3.63, 3.8) is 0 Å². The van der Waals surface area contributed by atoms with Crippen molar-refractivity contribution in [1.29, 1.82) is 0 Å². The Balaban J connectivity index is 0.000000171. The fourth-order valence-corrected chi connectivity index (χ4v) is 1.51. The van der Waals surface area contributed by atoms with Gasteiger partial charge >= 0.3 is 0 Å². The van der Waals surface area contributed by atoms with Crippen molar-refractivity contribution in [2.45, 2.75) is 33.1 Å². The maximum atomic E-state index is 9.50. The highest BCUT2D eigenvalue weighted by Crippen LogP contribution is 2.20. The third-order valence-electron chi connectivity index (χ3n) is 2.28. The molecule has 1 aromatic carbocycles. The summed E-state index contributed by atoms with van der Waals surface area (Å²) in [5, 5.41) is 0. The molecule has 0 atom stereocenters. The average molecular weight is 190 g/mol. The first-order chi connectivity index (χ1) is 6.74. The van der Waals surface area contributed by atoms with Crippen molar-refractivity contribution in [1.82, 2.24) is 0 Å². The maximum Gasteiger partial charge on any atom is 0.122 e. The molecule has 0 amide bonds. The van der Waals surface area contributed by atoms with E-state index in [9.17, 15) is 4.79 Å². The number of benzene rings is 1. The molecule has 14 heavy (non-hydrogen) atoms. The number of fused-ring (bicyclic) bond motifs is 1. The number of aldehydes is 1. The Hall–Kier alpha value is -1.11. The quantitative estimate of drug-likeness (QED) is 0.622. The van der Waals surface area contributed by atoms with Crippen molar-refractivity contribution in [3.05, 3.63) is 35.4 Å². The molecular weight excluding hydrogens is 172 g/mol. The van der Waals surface area contributed by atoms with Gasteiger partial charge in [0.05, 0.1) is 0 Å². The van der Waals surface area contributed by atoms with Crippen LogP contribution >= 0.6 is 0 Å². The van der Waals surface area contributed by atoms with Gasteiger partial charge in [0.15, 0.2) is 0 Å². The van der Waals surface area contributed by atoms with E-state index in [2.05, 4.69) is 24.3 Å². The van der Waals surface area contributed by atoms with Crippen LogP contribution in [0.25, 0.3) is 0 Å². The van der Waals surface area contributed by atoms with Crippen molar-refractivity contribution < 1.29 is 4.79 Å². The molecule has 0 saturated heterocycles. The van der Waals surface area contributed by atoms with E-state index in [1.165, 1.54) is 19.3 Å². The van der Waals surface area contributed by atoms with Gasteiger partial charge in [-0.3, -0.25) is 0 Å². The molecule has 1 aliphatic carbocycles. The third-order valence-corrected chi connectivity index (χ3v) is 2.28. The SMILES string of the molecule is CC(C)C=O.c1ccc2c(c1)CCC2. The molecule has 0 N–H and O–H groups in total. The first-order valence-electron chi connectivity index (χ1n) is 5.26. The van der Waals surface area contributed by atoms with Crippen LogP contribution in [-0.4, -0.2) is 6.29 Å². The van der Waals surface area contributed by atoms with Crippen LogP contribution in [0, 0.1) is 5.92 Å². The molecule has 1 aromatic rings. The topological polar surface area (TPSA) is 17.1 Å². The minimum Gasteiger partial charge on any atom is -0.303 e. The first kappa shape index (κ1) is 11.0. The third kappa shape index (κ3) is 3.33. The van der Waals surface area contributed by atoms with Gasteiger partial charge in [0, 0.05) is 5.92 Å². The van der Waals surface area contributed by atoms with Crippen molar-refractivity contribution in [3.8, 4) is 0 Å². The maximum absolute atomic E-state index is 9.50. The zero-order chi connectivity index (χ0) is 10.4. The molecule has 0 fully saturated rings. The van der Waals surface area contributed by atoms with Gasteiger partial charge in [-0.25, -0.2) is 0 Å². The predicted octanol–water partition coefficient (Wildman–Crippen LogP) is 3.02. The molecule has 0 radical (unpaired) electrons. The Morgan fingerprint density at radius 2 is 1.57 bits per heavy atom. The second-order valence-corrected chi connectivity index (χ2v) is 4.00. The molecule has 0 unspecified atom stereocenters. The molecule has 1 heteroatoms. The molecule has 0 heterocycles. The van der Waals surface area contributed by atoms with Crippen LogP contribution in [0.15, 0.2) is 24.3 Å². The van der Waals surface area contributed by atoms with Crippen LogP contribution in [-0.2, 0) is 17.6 Å². The number of aryl methyl sites for hydroxylation is 2. The van der Waals surface area contributed by atoms with Crippen LogP contribution in [0.2, 0.25) is 0 Å². The number of rotatable bonds is 1. The van der Waals surface area contributed by atoms with Crippen molar-refractivity contribution in [2.24, 2.45) is 5.92 Å². The Morgan fingerprint density at radius 1 is 1.14 bits per heavy atom. The lowest BCUT2D eigenvalue weighted by atomic mass is 10.1. The lowest BCUT2D eigenvalue weighted by molar-refractivity contribution is -0.110. The van der Waals surface area contributed by atoms with Gasteiger partial charge in [-0.15, -0.1) is 0 Å². The molecule has 0 aliphatic heterocycles. The summed E-state index contributed by atoms with van der Waals surface area (Å²) in [7, 11) is 0. The lowest BCUT2D eigenvalue weighted by Gasteiger charge is -1.93. The minimum atomic E-state index is 0.204. The Labute approximate surface area is 86.1 Å². The monoisotopic (exact) mass is 190 g/mol. The van der Waals surface area contributed by atoms with Gasteiger partial charge < -0.3 is 4.79 Å². The van der Waals surface area contributed by atoms with Gasteiger partial charge in [0.1, 0.15) is 6.29 Å².